The van der Waals surface area contributed by atoms with E-state index >= 15 is 0 Å². The van der Waals surface area contributed by atoms with Crippen molar-refractivity contribution in [2.75, 3.05) is 11.9 Å². The molecule has 1 amide bonds. The van der Waals surface area contributed by atoms with Crippen LogP contribution in [-0.4, -0.2) is 18.3 Å². The van der Waals surface area contributed by atoms with Crippen molar-refractivity contribution in [1.82, 2.24) is 0 Å². The van der Waals surface area contributed by atoms with Gasteiger partial charge in [-0.1, -0.05) is 46.9 Å². The molecule has 0 atom stereocenters. The first kappa shape index (κ1) is 19.6. The van der Waals surface area contributed by atoms with Crippen molar-refractivity contribution in [2.24, 2.45) is 0 Å². The summed E-state index contributed by atoms with van der Waals surface area (Å²) in [5.74, 6) is 0.304. The van der Waals surface area contributed by atoms with Crippen molar-refractivity contribution in [2.45, 2.75) is 19.8 Å². The normalized spacial score (nSPS) is 10.4. The molecular formula is C18H16Cl3NO3. The van der Waals surface area contributed by atoms with Gasteiger partial charge in [0.2, 0.25) is 0 Å². The molecule has 0 aromatic heterocycles. The van der Waals surface area contributed by atoms with Crippen LogP contribution in [0.4, 0.5) is 5.69 Å². The number of rotatable bonds is 7. The fourth-order valence-corrected chi connectivity index (χ4v) is 2.97. The third-order valence-electron chi connectivity index (χ3n) is 3.33. The highest BCUT2D eigenvalue weighted by Crippen LogP contribution is 2.33. The van der Waals surface area contributed by atoms with Crippen LogP contribution in [0.15, 0.2) is 36.4 Å². The smallest absolute Gasteiger partial charge is 0.262 e. The third kappa shape index (κ3) is 6.24. The second kappa shape index (κ2) is 9.09. The van der Waals surface area contributed by atoms with Gasteiger partial charge in [0.1, 0.15) is 11.5 Å². The van der Waals surface area contributed by atoms with E-state index in [0.29, 0.717) is 29.3 Å². The Labute approximate surface area is 161 Å². The van der Waals surface area contributed by atoms with E-state index in [1.54, 1.807) is 19.1 Å². The van der Waals surface area contributed by atoms with E-state index in [0.717, 1.165) is 5.56 Å². The van der Waals surface area contributed by atoms with Gasteiger partial charge in [-0.15, -0.1) is 0 Å². The summed E-state index contributed by atoms with van der Waals surface area (Å²) < 4.78 is 5.43. The minimum atomic E-state index is -0.397. The van der Waals surface area contributed by atoms with Crippen molar-refractivity contribution in [3.8, 4) is 5.75 Å². The summed E-state index contributed by atoms with van der Waals surface area (Å²) in [4.78, 5) is 23.0. The van der Waals surface area contributed by atoms with E-state index in [2.05, 4.69) is 5.32 Å². The van der Waals surface area contributed by atoms with Crippen molar-refractivity contribution >= 4 is 52.2 Å². The highest BCUT2D eigenvalue weighted by Gasteiger charge is 2.12. The van der Waals surface area contributed by atoms with Crippen LogP contribution in [0, 0.1) is 0 Å². The Morgan fingerprint density at radius 2 is 1.64 bits per heavy atom. The number of aryl methyl sites for hydroxylation is 1. The van der Waals surface area contributed by atoms with Crippen LogP contribution in [0.25, 0.3) is 0 Å². The minimum absolute atomic E-state index is 0.150. The molecule has 4 nitrogen and oxygen atoms in total. The number of anilines is 1. The number of amides is 1. The average Bonchev–Trinajstić information content (AvgIpc) is 2.55. The number of ether oxygens (including phenoxy) is 1. The van der Waals surface area contributed by atoms with E-state index in [4.69, 9.17) is 39.5 Å². The number of carbonyl (C=O) groups is 2. The molecule has 0 saturated heterocycles. The zero-order valence-electron chi connectivity index (χ0n) is 13.4. The number of hydrogen-bond donors (Lipinski definition) is 1. The Kier molecular flexibility index (Phi) is 7.12. The van der Waals surface area contributed by atoms with Crippen LogP contribution in [0.5, 0.6) is 5.75 Å². The van der Waals surface area contributed by atoms with Gasteiger partial charge in [0.05, 0.1) is 15.7 Å². The van der Waals surface area contributed by atoms with E-state index in [1.165, 1.54) is 12.1 Å². The average molecular weight is 401 g/mol. The molecule has 0 radical (unpaired) electrons. The van der Waals surface area contributed by atoms with Crippen LogP contribution >= 0.6 is 34.8 Å². The molecule has 7 heteroatoms. The lowest BCUT2D eigenvalue weighted by molar-refractivity contribution is -0.118. The first-order chi connectivity index (χ1) is 11.8. The Bertz CT molecular complexity index is 753. The second-order valence-corrected chi connectivity index (χ2v) is 6.68. The maximum Gasteiger partial charge on any atom is 0.262 e. The van der Waals surface area contributed by atoms with E-state index < -0.39 is 5.91 Å². The van der Waals surface area contributed by atoms with Crippen LogP contribution in [0.2, 0.25) is 15.1 Å². The standard InChI is InChI=1S/C18H16Cl3NO3/c1-11(23)2-3-12-4-6-14(7-5-12)25-10-17(24)22-18-15(20)8-13(19)9-16(18)21/h4-9H,2-3,10H2,1H3,(H,22,24). The largest absolute Gasteiger partial charge is 0.484 e. The monoisotopic (exact) mass is 399 g/mol. The maximum absolute atomic E-state index is 12.0. The SMILES string of the molecule is CC(=O)CCc1ccc(OCC(=O)Nc2c(Cl)cc(Cl)cc2Cl)cc1. The Morgan fingerprint density at radius 1 is 1.04 bits per heavy atom. The zero-order chi connectivity index (χ0) is 18.4. The van der Waals surface area contributed by atoms with Crippen molar-refractivity contribution in [1.29, 1.82) is 0 Å². The highest BCUT2D eigenvalue weighted by molar-refractivity contribution is 6.42. The van der Waals surface area contributed by atoms with Gasteiger partial charge in [-0.2, -0.15) is 0 Å². The summed E-state index contributed by atoms with van der Waals surface area (Å²) in [5.41, 5.74) is 1.33. The van der Waals surface area contributed by atoms with Crippen LogP contribution in [-0.2, 0) is 16.0 Å². The minimum Gasteiger partial charge on any atom is -0.484 e. The number of ketones is 1. The Balaban J connectivity index is 1.89. The molecule has 0 saturated carbocycles. The van der Waals surface area contributed by atoms with Crippen molar-refractivity contribution in [3.63, 3.8) is 0 Å². The summed E-state index contributed by atoms with van der Waals surface area (Å²) in [6.45, 7) is 1.37. The van der Waals surface area contributed by atoms with Crippen molar-refractivity contribution in [3.05, 3.63) is 57.0 Å². The Hall–Kier alpha value is -1.75. The molecular weight excluding hydrogens is 385 g/mol. The van der Waals surface area contributed by atoms with Gasteiger partial charge < -0.3 is 14.8 Å². The molecule has 0 spiro atoms. The third-order valence-corrected chi connectivity index (χ3v) is 4.14. The van der Waals surface area contributed by atoms with Crippen LogP contribution in [0.3, 0.4) is 0 Å². The molecule has 2 aromatic rings. The first-order valence-corrected chi connectivity index (χ1v) is 8.64. The second-order valence-electron chi connectivity index (χ2n) is 5.43. The number of benzene rings is 2. The van der Waals surface area contributed by atoms with Gasteiger partial charge in [0.15, 0.2) is 6.61 Å². The van der Waals surface area contributed by atoms with Gasteiger partial charge in [-0.25, -0.2) is 0 Å². The maximum atomic E-state index is 12.0. The Morgan fingerprint density at radius 3 is 2.20 bits per heavy atom. The predicted octanol–water partition coefficient (Wildman–Crippen LogP) is 5.19. The van der Waals surface area contributed by atoms with Gasteiger partial charge in [0.25, 0.3) is 5.91 Å². The molecule has 1 N–H and O–H groups in total. The number of carbonyl (C=O) groups excluding carboxylic acids is 2. The molecule has 0 heterocycles. The molecule has 0 aliphatic heterocycles. The lowest BCUT2D eigenvalue weighted by Gasteiger charge is -2.11. The van der Waals surface area contributed by atoms with Gasteiger partial charge >= 0.3 is 0 Å². The zero-order valence-corrected chi connectivity index (χ0v) is 15.7. The number of nitrogens with one attached hydrogen (secondary N) is 1. The summed E-state index contributed by atoms with van der Waals surface area (Å²) >= 11 is 17.9. The molecule has 132 valence electrons. The molecule has 0 unspecified atom stereocenters. The van der Waals surface area contributed by atoms with E-state index in [1.807, 2.05) is 12.1 Å². The lowest BCUT2D eigenvalue weighted by atomic mass is 10.1. The topological polar surface area (TPSA) is 55.4 Å². The lowest BCUT2D eigenvalue weighted by Crippen LogP contribution is -2.20. The number of halogens is 3. The van der Waals surface area contributed by atoms with E-state index in [-0.39, 0.29) is 22.4 Å². The highest BCUT2D eigenvalue weighted by atomic mass is 35.5. The quantitative estimate of drug-likeness (QED) is 0.696. The molecule has 2 rings (SSSR count). The van der Waals surface area contributed by atoms with Gasteiger partial charge in [0, 0.05) is 11.4 Å². The molecule has 2 aromatic carbocycles. The van der Waals surface area contributed by atoms with Crippen LogP contribution in [0.1, 0.15) is 18.9 Å². The van der Waals surface area contributed by atoms with Crippen LogP contribution < -0.4 is 10.1 Å². The summed E-state index contributed by atoms with van der Waals surface area (Å²) in [6.07, 6.45) is 1.19. The molecule has 25 heavy (non-hydrogen) atoms. The van der Waals surface area contributed by atoms with Crippen molar-refractivity contribution < 1.29 is 14.3 Å². The number of Topliss-reactive ketones (excluding diaryl/α,β-unsaturated/α-hetero) is 1. The fourth-order valence-electron chi connectivity index (χ4n) is 2.06. The summed E-state index contributed by atoms with van der Waals surface area (Å²) in [6, 6.07) is 10.2. The summed E-state index contributed by atoms with van der Waals surface area (Å²) in [5, 5.41) is 3.48. The van der Waals surface area contributed by atoms with E-state index in [9.17, 15) is 9.59 Å². The molecule has 0 aliphatic carbocycles. The molecule has 0 bridgehead atoms. The summed E-state index contributed by atoms with van der Waals surface area (Å²) in [7, 11) is 0. The van der Waals surface area contributed by atoms with Gasteiger partial charge in [-0.05, 0) is 43.2 Å². The first-order valence-electron chi connectivity index (χ1n) is 7.50. The fraction of sp³-hybridized carbons (Fsp3) is 0.222. The predicted molar refractivity (Wildman–Crippen MR) is 101 cm³/mol. The van der Waals surface area contributed by atoms with Gasteiger partial charge in [-0.3, -0.25) is 4.79 Å². The molecule has 0 fully saturated rings. The number of hydrogen-bond acceptors (Lipinski definition) is 3. The molecule has 0 aliphatic rings.